The van der Waals surface area contributed by atoms with Gasteiger partial charge >= 0.3 is 0 Å². The van der Waals surface area contributed by atoms with Crippen LogP contribution in [0.25, 0.3) is 0 Å². The Morgan fingerprint density at radius 2 is 2.20 bits per heavy atom. The summed E-state index contributed by atoms with van der Waals surface area (Å²) in [7, 11) is 0. The average Bonchev–Trinajstić information content (AvgIpc) is 2.65. The zero-order chi connectivity index (χ0) is 11.3. The van der Waals surface area contributed by atoms with Gasteiger partial charge in [0.2, 0.25) is 5.91 Å². The first-order valence-electron chi connectivity index (χ1n) is 6.10. The van der Waals surface area contributed by atoms with Crippen LogP contribution in [0.4, 0.5) is 0 Å². The fraction of sp³-hybridized carbons (Fsp3) is 0.917. The number of hydrogen-bond donors (Lipinski definition) is 1. The van der Waals surface area contributed by atoms with Gasteiger partial charge in [0, 0.05) is 25.6 Å². The molecule has 0 saturated heterocycles. The van der Waals surface area contributed by atoms with Crippen molar-refractivity contribution in [2.75, 3.05) is 19.7 Å². The molecule has 0 radical (unpaired) electrons. The van der Waals surface area contributed by atoms with Crippen LogP contribution in [0.5, 0.6) is 0 Å². The molecule has 1 aliphatic rings. The molecule has 0 heterocycles. The van der Waals surface area contributed by atoms with Gasteiger partial charge in [-0.3, -0.25) is 4.79 Å². The highest BCUT2D eigenvalue weighted by Gasteiger charge is 2.31. The maximum atomic E-state index is 12.1. The van der Waals surface area contributed by atoms with E-state index in [0.717, 1.165) is 13.0 Å². The van der Waals surface area contributed by atoms with Crippen molar-refractivity contribution < 1.29 is 9.90 Å². The van der Waals surface area contributed by atoms with Crippen molar-refractivity contribution in [1.29, 1.82) is 0 Å². The molecule has 88 valence electrons. The maximum absolute atomic E-state index is 12.1. The van der Waals surface area contributed by atoms with Gasteiger partial charge in [0.15, 0.2) is 0 Å². The summed E-state index contributed by atoms with van der Waals surface area (Å²) in [6.07, 6.45) is 4.12. The van der Waals surface area contributed by atoms with E-state index in [1.165, 1.54) is 12.8 Å². The molecule has 2 unspecified atom stereocenters. The fourth-order valence-electron chi connectivity index (χ4n) is 2.43. The van der Waals surface area contributed by atoms with Crippen LogP contribution < -0.4 is 0 Å². The summed E-state index contributed by atoms with van der Waals surface area (Å²) in [6.45, 7) is 5.82. The average molecular weight is 213 g/mol. The number of amides is 1. The van der Waals surface area contributed by atoms with Gasteiger partial charge in [-0.1, -0.05) is 13.3 Å². The third-order valence-corrected chi connectivity index (χ3v) is 3.46. The second-order valence-corrected chi connectivity index (χ2v) is 4.51. The fourth-order valence-corrected chi connectivity index (χ4v) is 2.43. The normalized spacial score (nSPS) is 25.5. The quantitative estimate of drug-likeness (QED) is 0.754. The Balaban J connectivity index is 2.48. The molecule has 0 aromatic rings. The van der Waals surface area contributed by atoms with Crippen LogP contribution in [-0.4, -0.2) is 35.6 Å². The van der Waals surface area contributed by atoms with Crippen molar-refractivity contribution in [3.8, 4) is 0 Å². The predicted molar refractivity (Wildman–Crippen MR) is 60.5 cm³/mol. The van der Waals surface area contributed by atoms with Crippen molar-refractivity contribution in [2.24, 2.45) is 11.8 Å². The lowest BCUT2D eigenvalue weighted by Gasteiger charge is -2.25. The van der Waals surface area contributed by atoms with E-state index in [0.29, 0.717) is 24.8 Å². The number of carbonyl (C=O) groups is 1. The molecule has 1 rings (SSSR count). The van der Waals surface area contributed by atoms with Gasteiger partial charge in [-0.15, -0.1) is 0 Å². The molecule has 1 N–H and O–H groups in total. The van der Waals surface area contributed by atoms with Gasteiger partial charge in [-0.05, 0) is 32.1 Å². The summed E-state index contributed by atoms with van der Waals surface area (Å²) < 4.78 is 0. The van der Waals surface area contributed by atoms with Gasteiger partial charge in [0.1, 0.15) is 0 Å². The highest BCUT2D eigenvalue weighted by molar-refractivity contribution is 5.79. The smallest absolute Gasteiger partial charge is 0.225 e. The van der Waals surface area contributed by atoms with Crippen molar-refractivity contribution >= 4 is 5.91 Å². The number of carbonyl (C=O) groups excluding carboxylic acids is 1. The molecule has 2 atom stereocenters. The van der Waals surface area contributed by atoms with E-state index in [9.17, 15) is 4.79 Å². The number of nitrogens with zero attached hydrogens (tertiary/aromatic N) is 1. The van der Waals surface area contributed by atoms with Gasteiger partial charge in [-0.2, -0.15) is 0 Å². The standard InChI is InChI=1S/C12H23NO2/c1-3-13(8-5-9-14)12(15)11-7-4-6-10(11)2/h10-11,14H,3-9H2,1-2H3. The van der Waals surface area contributed by atoms with Gasteiger partial charge in [0.25, 0.3) is 0 Å². The van der Waals surface area contributed by atoms with Gasteiger partial charge < -0.3 is 10.0 Å². The number of aliphatic hydroxyl groups is 1. The first-order chi connectivity index (χ1) is 7.20. The van der Waals surface area contributed by atoms with Crippen molar-refractivity contribution in [2.45, 2.75) is 39.5 Å². The summed E-state index contributed by atoms with van der Waals surface area (Å²) in [5, 5.41) is 8.77. The largest absolute Gasteiger partial charge is 0.396 e. The molecule has 1 saturated carbocycles. The first-order valence-corrected chi connectivity index (χ1v) is 6.10. The Labute approximate surface area is 92.5 Å². The second-order valence-electron chi connectivity index (χ2n) is 4.51. The molecule has 0 aliphatic heterocycles. The molecule has 1 aliphatic carbocycles. The van der Waals surface area contributed by atoms with E-state index in [-0.39, 0.29) is 12.5 Å². The van der Waals surface area contributed by atoms with Crippen LogP contribution in [-0.2, 0) is 4.79 Å². The zero-order valence-electron chi connectivity index (χ0n) is 9.91. The van der Waals surface area contributed by atoms with E-state index in [1.54, 1.807) is 0 Å². The monoisotopic (exact) mass is 213 g/mol. The minimum atomic E-state index is 0.171. The van der Waals surface area contributed by atoms with Gasteiger partial charge in [-0.25, -0.2) is 0 Å². The molecule has 0 spiro atoms. The van der Waals surface area contributed by atoms with Gasteiger partial charge in [0.05, 0.1) is 0 Å². The maximum Gasteiger partial charge on any atom is 0.225 e. The topological polar surface area (TPSA) is 40.5 Å². The van der Waals surface area contributed by atoms with Crippen LogP contribution in [0, 0.1) is 11.8 Å². The summed E-state index contributed by atoms with van der Waals surface area (Å²) in [5.74, 6) is 1.08. The third kappa shape index (κ3) is 3.20. The number of aliphatic hydroxyl groups excluding tert-OH is 1. The lowest BCUT2D eigenvalue weighted by Crippen LogP contribution is -2.37. The highest BCUT2D eigenvalue weighted by Crippen LogP contribution is 2.32. The molecule has 1 fully saturated rings. The minimum absolute atomic E-state index is 0.171. The SMILES string of the molecule is CCN(CCCO)C(=O)C1CCCC1C. The molecule has 1 amide bonds. The molecule has 0 aromatic carbocycles. The molecule has 0 aromatic heterocycles. The summed E-state index contributed by atoms with van der Waals surface area (Å²) >= 11 is 0. The first kappa shape index (κ1) is 12.5. The highest BCUT2D eigenvalue weighted by atomic mass is 16.3. The van der Waals surface area contributed by atoms with E-state index in [1.807, 2.05) is 11.8 Å². The van der Waals surface area contributed by atoms with Crippen molar-refractivity contribution in [3.05, 3.63) is 0 Å². The lowest BCUT2D eigenvalue weighted by atomic mass is 9.96. The van der Waals surface area contributed by atoms with Crippen LogP contribution in [0.3, 0.4) is 0 Å². The summed E-state index contributed by atoms with van der Waals surface area (Å²) in [5.41, 5.74) is 0. The number of rotatable bonds is 5. The Morgan fingerprint density at radius 1 is 1.47 bits per heavy atom. The third-order valence-electron chi connectivity index (χ3n) is 3.46. The van der Waals surface area contributed by atoms with Crippen molar-refractivity contribution in [3.63, 3.8) is 0 Å². The molecular weight excluding hydrogens is 190 g/mol. The van der Waals surface area contributed by atoms with E-state index in [2.05, 4.69) is 6.92 Å². The predicted octanol–water partition coefficient (Wildman–Crippen LogP) is 1.65. The van der Waals surface area contributed by atoms with Crippen molar-refractivity contribution in [1.82, 2.24) is 4.90 Å². The van der Waals surface area contributed by atoms with Crippen LogP contribution in [0.15, 0.2) is 0 Å². The lowest BCUT2D eigenvalue weighted by molar-refractivity contribution is -0.136. The molecular formula is C12H23NO2. The minimum Gasteiger partial charge on any atom is -0.396 e. The van der Waals surface area contributed by atoms with Crippen LogP contribution >= 0.6 is 0 Å². The van der Waals surface area contributed by atoms with Crippen LogP contribution in [0.2, 0.25) is 0 Å². The van der Waals surface area contributed by atoms with Crippen LogP contribution in [0.1, 0.15) is 39.5 Å². The number of hydrogen-bond acceptors (Lipinski definition) is 2. The molecule has 3 nitrogen and oxygen atoms in total. The van der Waals surface area contributed by atoms with E-state index < -0.39 is 0 Å². The Kier molecular flexibility index (Phi) is 5.09. The Morgan fingerprint density at radius 3 is 2.67 bits per heavy atom. The zero-order valence-corrected chi connectivity index (χ0v) is 9.91. The second kappa shape index (κ2) is 6.11. The molecule has 0 bridgehead atoms. The van der Waals surface area contributed by atoms with E-state index in [4.69, 9.17) is 5.11 Å². The molecule has 15 heavy (non-hydrogen) atoms. The van der Waals surface area contributed by atoms with E-state index >= 15 is 0 Å². The molecule has 3 heteroatoms. The summed E-state index contributed by atoms with van der Waals surface area (Å²) in [6, 6.07) is 0. The summed E-state index contributed by atoms with van der Waals surface area (Å²) in [4.78, 5) is 14.0. The Hall–Kier alpha value is -0.570. The Bertz CT molecular complexity index is 206.